The van der Waals surface area contributed by atoms with E-state index in [1.807, 2.05) is 7.05 Å². The summed E-state index contributed by atoms with van der Waals surface area (Å²) in [5, 5.41) is 3.05. The van der Waals surface area contributed by atoms with Gasteiger partial charge in [0.2, 0.25) is 5.91 Å². The van der Waals surface area contributed by atoms with Gasteiger partial charge in [0.15, 0.2) is 0 Å². The Labute approximate surface area is 112 Å². The van der Waals surface area contributed by atoms with E-state index in [1.165, 1.54) is 6.07 Å². The van der Waals surface area contributed by atoms with Crippen LogP contribution in [0.25, 0.3) is 0 Å². The number of para-hydroxylation sites is 1. The number of amides is 1. The molecular weight excluding hydrogens is 245 g/mol. The highest BCUT2D eigenvalue weighted by atomic mass is 19.1. The molecule has 1 aliphatic heterocycles. The highest BCUT2D eigenvalue weighted by Gasteiger charge is 2.38. The number of nitrogens with one attached hydrogen (secondary N) is 1. The van der Waals surface area contributed by atoms with Crippen LogP contribution in [-0.2, 0) is 4.79 Å². The van der Waals surface area contributed by atoms with Gasteiger partial charge in [-0.2, -0.15) is 0 Å². The molecular formula is C14H20FN3O. The van der Waals surface area contributed by atoms with E-state index in [1.54, 1.807) is 18.2 Å². The minimum Gasteiger partial charge on any atom is -0.369 e. The molecule has 1 heterocycles. The van der Waals surface area contributed by atoms with Crippen molar-refractivity contribution in [2.45, 2.75) is 24.8 Å². The van der Waals surface area contributed by atoms with Gasteiger partial charge in [-0.3, -0.25) is 4.79 Å². The molecule has 2 rings (SSSR count). The lowest BCUT2D eigenvalue weighted by atomic mass is 9.89. The lowest BCUT2D eigenvalue weighted by Gasteiger charge is -2.31. The Kier molecular flexibility index (Phi) is 4.04. The minimum atomic E-state index is -0.854. The van der Waals surface area contributed by atoms with Crippen LogP contribution in [0.2, 0.25) is 0 Å². The van der Waals surface area contributed by atoms with E-state index >= 15 is 0 Å². The molecule has 0 radical (unpaired) electrons. The third-order valence-electron chi connectivity index (χ3n) is 3.78. The third kappa shape index (κ3) is 3.04. The number of anilines is 1. The fourth-order valence-electron chi connectivity index (χ4n) is 2.52. The molecule has 0 saturated carbocycles. The van der Waals surface area contributed by atoms with Crippen LogP contribution < -0.4 is 11.1 Å². The molecule has 1 amide bonds. The number of carbonyl (C=O) groups is 1. The average Bonchev–Trinajstić information content (AvgIpc) is 2.56. The van der Waals surface area contributed by atoms with Crippen molar-refractivity contribution in [3.05, 3.63) is 30.1 Å². The second-order valence-electron chi connectivity index (χ2n) is 5.21. The summed E-state index contributed by atoms with van der Waals surface area (Å²) in [5.41, 5.74) is 5.06. The predicted molar refractivity (Wildman–Crippen MR) is 73.3 cm³/mol. The van der Waals surface area contributed by atoms with Crippen LogP contribution in [0.5, 0.6) is 0 Å². The molecule has 1 atom stereocenters. The maximum Gasteiger partial charge on any atom is 0.243 e. The van der Waals surface area contributed by atoms with Gasteiger partial charge in [0.05, 0.1) is 5.69 Å². The molecule has 1 saturated heterocycles. The molecule has 1 fully saturated rings. The first kappa shape index (κ1) is 13.8. The molecule has 4 nitrogen and oxygen atoms in total. The molecule has 1 aliphatic rings. The number of nitrogens with zero attached hydrogens (tertiary/aromatic N) is 1. The lowest BCUT2D eigenvalue weighted by Crippen LogP contribution is -2.51. The van der Waals surface area contributed by atoms with Gasteiger partial charge in [0.25, 0.3) is 0 Å². The van der Waals surface area contributed by atoms with Crippen molar-refractivity contribution in [2.75, 3.05) is 25.5 Å². The largest absolute Gasteiger partial charge is 0.369 e. The summed E-state index contributed by atoms with van der Waals surface area (Å²) in [4.78, 5) is 14.0. The van der Waals surface area contributed by atoms with Gasteiger partial charge in [0.1, 0.15) is 11.4 Å². The van der Waals surface area contributed by atoms with E-state index < -0.39 is 11.4 Å². The molecule has 0 aromatic heterocycles. The van der Waals surface area contributed by atoms with Gasteiger partial charge < -0.3 is 16.0 Å². The molecule has 0 bridgehead atoms. The number of hydrogen-bond donors (Lipinski definition) is 2. The number of carbonyl (C=O) groups excluding carboxylic acids is 1. The number of benzene rings is 1. The maximum absolute atomic E-state index is 13.7. The van der Waals surface area contributed by atoms with Crippen molar-refractivity contribution in [3.63, 3.8) is 0 Å². The zero-order valence-electron chi connectivity index (χ0n) is 11.2. The van der Waals surface area contributed by atoms with Gasteiger partial charge in [-0.05, 0) is 45.0 Å². The van der Waals surface area contributed by atoms with Crippen molar-refractivity contribution in [1.29, 1.82) is 0 Å². The Morgan fingerprint density at radius 1 is 1.37 bits per heavy atom. The zero-order valence-corrected chi connectivity index (χ0v) is 11.2. The quantitative estimate of drug-likeness (QED) is 0.872. The normalized spacial score (nSPS) is 24.7. The van der Waals surface area contributed by atoms with E-state index in [9.17, 15) is 9.18 Å². The summed E-state index contributed by atoms with van der Waals surface area (Å²) in [6.07, 6.45) is 2.08. The summed E-state index contributed by atoms with van der Waals surface area (Å²) >= 11 is 0. The maximum atomic E-state index is 13.7. The van der Waals surface area contributed by atoms with Crippen molar-refractivity contribution in [2.24, 2.45) is 5.73 Å². The Morgan fingerprint density at radius 2 is 2.11 bits per heavy atom. The third-order valence-corrected chi connectivity index (χ3v) is 3.78. The van der Waals surface area contributed by atoms with E-state index in [2.05, 4.69) is 10.2 Å². The minimum absolute atomic E-state index is 0.339. The highest BCUT2D eigenvalue weighted by Crippen LogP contribution is 2.28. The van der Waals surface area contributed by atoms with E-state index in [0.717, 1.165) is 19.5 Å². The van der Waals surface area contributed by atoms with Crippen LogP contribution in [0.1, 0.15) is 19.3 Å². The summed E-state index contributed by atoms with van der Waals surface area (Å²) < 4.78 is 13.7. The van der Waals surface area contributed by atoms with Gasteiger partial charge in [-0.1, -0.05) is 12.1 Å². The molecule has 1 unspecified atom stereocenters. The average molecular weight is 265 g/mol. The zero-order chi connectivity index (χ0) is 13.9. The van der Waals surface area contributed by atoms with Crippen LogP contribution >= 0.6 is 0 Å². The summed E-state index contributed by atoms with van der Waals surface area (Å²) in [6.45, 7) is 1.69. The number of nitrogens with two attached hydrogens (primary N) is 1. The number of rotatable bonds is 3. The molecule has 104 valence electrons. The molecule has 3 N–H and O–H groups in total. The Bertz CT molecular complexity index is 466. The molecule has 0 spiro atoms. The Hall–Kier alpha value is -1.62. The molecule has 19 heavy (non-hydrogen) atoms. The second-order valence-corrected chi connectivity index (χ2v) is 5.21. The van der Waals surface area contributed by atoms with Gasteiger partial charge >= 0.3 is 0 Å². The van der Waals surface area contributed by atoms with Crippen LogP contribution in [-0.4, -0.2) is 36.5 Å². The summed E-state index contributed by atoms with van der Waals surface area (Å²) in [6, 6.07) is 6.37. The molecule has 1 aromatic rings. The highest BCUT2D eigenvalue weighted by molar-refractivity contribution is 5.88. The lowest BCUT2D eigenvalue weighted by molar-refractivity contribution is -0.122. The monoisotopic (exact) mass is 265 g/mol. The first-order valence-corrected chi connectivity index (χ1v) is 6.55. The number of likely N-dealkylation sites (tertiary alicyclic amines) is 1. The van der Waals surface area contributed by atoms with Crippen molar-refractivity contribution in [1.82, 2.24) is 4.90 Å². The Morgan fingerprint density at radius 3 is 2.79 bits per heavy atom. The van der Waals surface area contributed by atoms with Gasteiger partial charge in [-0.25, -0.2) is 4.39 Å². The van der Waals surface area contributed by atoms with E-state index in [4.69, 9.17) is 5.73 Å². The van der Waals surface area contributed by atoms with Crippen LogP contribution in [0.3, 0.4) is 0 Å². The summed E-state index contributed by atoms with van der Waals surface area (Å²) in [7, 11) is 2.01. The standard InChI is InChI=1S/C14H20FN3O/c1-18-9-4-7-14(8-10-18,13(16)19)17-12-6-3-2-5-11(12)15/h2-3,5-6,17H,4,7-10H2,1H3,(H2,16,19). The molecule has 0 aliphatic carbocycles. The topological polar surface area (TPSA) is 58.4 Å². The first-order valence-electron chi connectivity index (χ1n) is 6.55. The fraction of sp³-hybridized carbons (Fsp3) is 0.500. The fourth-order valence-corrected chi connectivity index (χ4v) is 2.52. The van der Waals surface area contributed by atoms with Crippen molar-refractivity contribution in [3.8, 4) is 0 Å². The number of primary amides is 1. The second kappa shape index (κ2) is 5.57. The van der Waals surface area contributed by atoms with E-state index in [-0.39, 0.29) is 5.82 Å². The van der Waals surface area contributed by atoms with Crippen molar-refractivity contribution >= 4 is 11.6 Å². The van der Waals surface area contributed by atoms with Crippen LogP contribution in [0, 0.1) is 5.82 Å². The first-order chi connectivity index (χ1) is 9.03. The van der Waals surface area contributed by atoms with Crippen LogP contribution in [0.15, 0.2) is 24.3 Å². The number of halogens is 1. The predicted octanol–water partition coefficient (Wildman–Crippen LogP) is 1.58. The molecule has 1 aromatic carbocycles. The Balaban J connectivity index is 2.25. The van der Waals surface area contributed by atoms with Gasteiger partial charge in [-0.15, -0.1) is 0 Å². The van der Waals surface area contributed by atoms with Crippen molar-refractivity contribution < 1.29 is 9.18 Å². The molecule has 5 heteroatoms. The number of hydrogen-bond acceptors (Lipinski definition) is 3. The van der Waals surface area contributed by atoms with E-state index in [0.29, 0.717) is 18.5 Å². The smallest absolute Gasteiger partial charge is 0.243 e. The SMILES string of the molecule is CN1CCCC(Nc2ccccc2F)(C(N)=O)CC1. The van der Waals surface area contributed by atoms with Gasteiger partial charge in [0, 0.05) is 6.54 Å². The van der Waals surface area contributed by atoms with Crippen LogP contribution in [0.4, 0.5) is 10.1 Å². The summed E-state index contributed by atoms with van der Waals surface area (Å²) in [5.74, 6) is -0.772.